The minimum atomic E-state index is -0.891. The summed E-state index contributed by atoms with van der Waals surface area (Å²) in [5.74, 6) is -2.57. The van der Waals surface area contributed by atoms with Crippen LogP contribution in [0.5, 0.6) is 0 Å². The molecule has 0 saturated carbocycles. The molecule has 0 radical (unpaired) electrons. The van der Waals surface area contributed by atoms with E-state index in [0.717, 1.165) is 11.6 Å². The fourth-order valence-corrected chi connectivity index (χ4v) is 1.81. The van der Waals surface area contributed by atoms with Gasteiger partial charge in [-0.05, 0) is 49.2 Å². The van der Waals surface area contributed by atoms with E-state index >= 15 is 0 Å². The number of amides is 1. The van der Waals surface area contributed by atoms with E-state index < -0.39 is 23.1 Å². The van der Waals surface area contributed by atoms with Gasteiger partial charge in [-0.3, -0.25) is 4.79 Å². The molecule has 2 aromatic carbocycles. The Kier molecular flexibility index (Phi) is 3.70. The fraction of sp³-hybridized carbons (Fsp3) is 0.133. The highest BCUT2D eigenvalue weighted by Gasteiger charge is 2.19. The van der Waals surface area contributed by atoms with Gasteiger partial charge in [0.2, 0.25) is 0 Å². The predicted octanol–water partition coefficient (Wildman–Crippen LogP) is 3.42. The van der Waals surface area contributed by atoms with Gasteiger partial charge in [0.05, 0.1) is 0 Å². The second-order valence-corrected chi connectivity index (χ2v) is 4.58. The van der Waals surface area contributed by atoms with Crippen molar-refractivity contribution >= 4 is 17.3 Å². The molecule has 0 saturated heterocycles. The highest BCUT2D eigenvalue weighted by molar-refractivity contribution is 6.04. The number of nitrogen functional groups attached to an aromatic ring is 1. The molecule has 0 heterocycles. The number of halogens is 2. The number of hydrogen-bond acceptors (Lipinski definition) is 2. The van der Waals surface area contributed by atoms with E-state index in [2.05, 4.69) is 5.32 Å². The zero-order chi connectivity index (χ0) is 14.9. The molecular weight excluding hydrogens is 262 g/mol. The molecular formula is C15H14F2N2O. The van der Waals surface area contributed by atoms with Crippen LogP contribution in [-0.4, -0.2) is 5.91 Å². The molecule has 2 aromatic rings. The number of hydrogen-bond donors (Lipinski definition) is 2. The molecule has 0 fully saturated rings. The van der Waals surface area contributed by atoms with Crippen molar-refractivity contribution < 1.29 is 13.6 Å². The first-order valence-corrected chi connectivity index (χ1v) is 6.02. The first-order valence-electron chi connectivity index (χ1n) is 6.02. The lowest BCUT2D eigenvalue weighted by atomic mass is 10.1. The van der Waals surface area contributed by atoms with Crippen LogP contribution in [0.15, 0.2) is 30.3 Å². The molecule has 0 aliphatic carbocycles. The first kappa shape index (κ1) is 14.0. The van der Waals surface area contributed by atoms with Crippen LogP contribution < -0.4 is 11.1 Å². The molecule has 2 rings (SSSR count). The van der Waals surface area contributed by atoms with Crippen LogP contribution >= 0.6 is 0 Å². The fourth-order valence-electron chi connectivity index (χ4n) is 1.81. The van der Waals surface area contributed by atoms with E-state index in [0.29, 0.717) is 11.4 Å². The molecule has 3 N–H and O–H groups in total. The van der Waals surface area contributed by atoms with Crippen molar-refractivity contribution in [2.45, 2.75) is 13.8 Å². The lowest BCUT2D eigenvalue weighted by molar-refractivity contribution is 0.101. The molecule has 0 aromatic heterocycles. The Balaban J connectivity index is 2.33. The van der Waals surface area contributed by atoms with Gasteiger partial charge in [0.1, 0.15) is 17.2 Å². The third kappa shape index (κ3) is 2.61. The van der Waals surface area contributed by atoms with Crippen LogP contribution in [0, 0.1) is 25.5 Å². The number of rotatable bonds is 2. The van der Waals surface area contributed by atoms with Crippen molar-refractivity contribution in [1.29, 1.82) is 0 Å². The normalized spacial score (nSPS) is 10.4. The number of aryl methyl sites for hydroxylation is 2. The molecule has 5 heteroatoms. The van der Waals surface area contributed by atoms with Crippen molar-refractivity contribution in [1.82, 2.24) is 0 Å². The topological polar surface area (TPSA) is 55.1 Å². The number of nitrogens with two attached hydrogens (primary N) is 1. The van der Waals surface area contributed by atoms with Crippen molar-refractivity contribution in [3.8, 4) is 0 Å². The van der Waals surface area contributed by atoms with E-state index in [9.17, 15) is 13.6 Å². The third-order valence-electron chi connectivity index (χ3n) is 3.04. The zero-order valence-corrected chi connectivity index (χ0v) is 11.1. The third-order valence-corrected chi connectivity index (χ3v) is 3.04. The Bertz CT molecular complexity index is 684. The molecule has 3 nitrogen and oxygen atoms in total. The summed E-state index contributed by atoms with van der Waals surface area (Å²) in [5.41, 5.74) is 7.08. The zero-order valence-electron chi connectivity index (χ0n) is 11.1. The van der Waals surface area contributed by atoms with Gasteiger partial charge < -0.3 is 11.1 Å². The van der Waals surface area contributed by atoms with Gasteiger partial charge in [-0.25, -0.2) is 8.78 Å². The number of carbonyl (C=O) groups excluding carboxylic acids is 1. The molecule has 0 aliphatic rings. The summed E-state index contributed by atoms with van der Waals surface area (Å²) >= 11 is 0. The van der Waals surface area contributed by atoms with Gasteiger partial charge in [-0.15, -0.1) is 0 Å². The van der Waals surface area contributed by atoms with Gasteiger partial charge in [0.25, 0.3) is 5.91 Å². The molecule has 0 bridgehead atoms. The summed E-state index contributed by atoms with van der Waals surface area (Å²) in [6, 6.07) is 7.19. The lowest BCUT2D eigenvalue weighted by Gasteiger charge is -2.10. The Hall–Kier alpha value is -2.43. The second kappa shape index (κ2) is 5.28. The van der Waals surface area contributed by atoms with E-state index in [1.807, 2.05) is 0 Å². The summed E-state index contributed by atoms with van der Waals surface area (Å²) in [6.45, 7) is 3.25. The summed E-state index contributed by atoms with van der Waals surface area (Å²) < 4.78 is 27.4. The Morgan fingerprint density at radius 1 is 1.10 bits per heavy atom. The molecule has 0 atom stereocenters. The van der Waals surface area contributed by atoms with Gasteiger partial charge in [-0.1, -0.05) is 6.07 Å². The van der Waals surface area contributed by atoms with E-state index in [1.54, 1.807) is 25.1 Å². The Labute approximate surface area is 115 Å². The Morgan fingerprint density at radius 2 is 1.80 bits per heavy atom. The number of anilines is 2. The van der Waals surface area contributed by atoms with Crippen molar-refractivity contribution in [2.75, 3.05) is 11.1 Å². The van der Waals surface area contributed by atoms with Gasteiger partial charge in [0, 0.05) is 11.4 Å². The molecule has 0 unspecified atom stereocenters. The summed E-state index contributed by atoms with van der Waals surface area (Å²) in [5, 5.41) is 2.46. The number of carbonyl (C=O) groups is 1. The molecule has 0 spiro atoms. The van der Waals surface area contributed by atoms with E-state index in [4.69, 9.17) is 5.73 Å². The monoisotopic (exact) mass is 276 g/mol. The summed E-state index contributed by atoms with van der Waals surface area (Å²) in [4.78, 5) is 12.0. The number of nitrogens with one attached hydrogen (secondary N) is 1. The van der Waals surface area contributed by atoms with Gasteiger partial charge in [0.15, 0.2) is 0 Å². The van der Waals surface area contributed by atoms with Crippen LogP contribution in [0.1, 0.15) is 21.5 Å². The largest absolute Gasteiger partial charge is 0.399 e. The van der Waals surface area contributed by atoms with Crippen molar-refractivity contribution in [2.24, 2.45) is 0 Å². The highest BCUT2D eigenvalue weighted by atomic mass is 19.1. The van der Waals surface area contributed by atoms with Gasteiger partial charge >= 0.3 is 0 Å². The maximum atomic E-state index is 13.8. The summed E-state index contributed by atoms with van der Waals surface area (Å²) in [7, 11) is 0. The van der Waals surface area contributed by atoms with Crippen LogP contribution in [0.3, 0.4) is 0 Å². The van der Waals surface area contributed by atoms with Crippen LogP contribution in [0.25, 0.3) is 0 Å². The second-order valence-electron chi connectivity index (χ2n) is 4.58. The minimum Gasteiger partial charge on any atom is -0.399 e. The number of benzene rings is 2. The molecule has 1 amide bonds. The maximum Gasteiger partial charge on any atom is 0.261 e. The minimum absolute atomic E-state index is 0.213. The summed E-state index contributed by atoms with van der Waals surface area (Å²) in [6.07, 6.45) is 0. The predicted molar refractivity (Wildman–Crippen MR) is 74.6 cm³/mol. The maximum absolute atomic E-state index is 13.8. The molecule has 104 valence electrons. The Morgan fingerprint density at radius 3 is 2.45 bits per heavy atom. The van der Waals surface area contributed by atoms with Crippen LogP contribution in [0.2, 0.25) is 0 Å². The van der Waals surface area contributed by atoms with E-state index in [1.165, 1.54) is 13.0 Å². The molecule has 0 aliphatic heterocycles. The van der Waals surface area contributed by atoms with Crippen LogP contribution in [-0.2, 0) is 0 Å². The SMILES string of the molecule is Cc1cc(NC(=O)c2c(F)ccc(C)c2F)ccc1N. The van der Waals surface area contributed by atoms with Crippen molar-refractivity contribution in [3.05, 3.63) is 58.7 Å². The average molecular weight is 276 g/mol. The lowest BCUT2D eigenvalue weighted by Crippen LogP contribution is -2.16. The van der Waals surface area contributed by atoms with Crippen LogP contribution in [0.4, 0.5) is 20.2 Å². The molecule has 20 heavy (non-hydrogen) atoms. The van der Waals surface area contributed by atoms with Crippen molar-refractivity contribution in [3.63, 3.8) is 0 Å². The average Bonchev–Trinajstić information content (AvgIpc) is 2.39. The standard InChI is InChI=1S/C15H14F2N2O/c1-8-3-5-11(16)13(14(8)17)15(20)19-10-4-6-12(18)9(2)7-10/h3-7H,18H2,1-2H3,(H,19,20). The quantitative estimate of drug-likeness (QED) is 0.826. The van der Waals surface area contributed by atoms with E-state index in [-0.39, 0.29) is 5.56 Å². The van der Waals surface area contributed by atoms with Gasteiger partial charge in [-0.2, -0.15) is 0 Å². The smallest absolute Gasteiger partial charge is 0.261 e. The highest BCUT2D eigenvalue weighted by Crippen LogP contribution is 2.20. The first-order chi connectivity index (χ1) is 9.40.